The summed E-state index contributed by atoms with van der Waals surface area (Å²) >= 11 is 5.31. The van der Waals surface area contributed by atoms with Gasteiger partial charge in [-0.2, -0.15) is 5.10 Å². The van der Waals surface area contributed by atoms with Crippen molar-refractivity contribution >= 4 is 34.8 Å². The van der Waals surface area contributed by atoms with Crippen molar-refractivity contribution in [2.75, 3.05) is 25.0 Å². The van der Waals surface area contributed by atoms with E-state index in [0.717, 1.165) is 35.4 Å². The molecule has 0 bridgehead atoms. The van der Waals surface area contributed by atoms with Gasteiger partial charge in [-0.25, -0.2) is 4.79 Å². The number of nitrogens with one attached hydrogen (secondary N) is 2. The van der Waals surface area contributed by atoms with Crippen LogP contribution in [0, 0.1) is 13.8 Å². The highest BCUT2D eigenvalue weighted by Gasteiger charge is 2.20. The standard InChI is InChI=1S/C17H24N4O2S/c1-4-23-17(22)21-10-8-14(9-11-21)19-20-16(24)18-15-12(2)6-5-7-13(15)3/h5-7H,4,8-11H2,1-3H3,(H2,18,20,24). The fourth-order valence-electron chi connectivity index (χ4n) is 2.56. The number of carbonyl (C=O) groups is 1. The summed E-state index contributed by atoms with van der Waals surface area (Å²) in [6.07, 6.45) is 1.19. The van der Waals surface area contributed by atoms with Crippen LogP contribution in [0.1, 0.15) is 30.9 Å². The van der Waals surface area contributed by atoms with Crippen molar-refractivity contribution in [2.45, 2.75) is 33.6 Å². The summed E-state index contributed by atoms with van der Waals surface area (Å²) in [5.74, 6) is 0. The van der Waals surface area contributed by atoms with Gasteiger partial charge in [0.25, 0.3) is 0 Å². The summed E-state index contributed by atoms with van der Waals surface area (Å²) in [6.45, 7) is 7.52. The number of hydrazone groups is 1. The molecule has 1 aromatic rings. The quantitative estimate of drug-likeness (QED) is 0.649. The molecule has 1 amide bonds. The molecule has 1 heterocycles. The molecule has 1 aliphatic rings. The first-order valence-electron chi connectivity index (χ1n) is 8.11. The first-order valence-corrected chi connectivity index (χ1v) is 8.52. The van der Waals surface area contributed by atoms with Crippen molar-refractivity contribution in [3.8, 4) is 0 Å². The van der Waals surface area contributed by atoms with E-state index in [4.69, 9.17) is 17.0 Å². The van der Waals surface area contributed by atoms with Gasteiger partial charge in [0.05, 0.1) is 6.61 Å². The third kappa shape index (κ3) is 4.92. The largest absolute Gasteiger partial charge is 0.450 e. The smallest absolute Gasteiger partial charge is 0.409 e. The SMILES string of the molecule is CCOC(=O)N1CCC(=NNC(=S)Nc2c(C)cccc2C)CC1. The second-order valence-corrected chi connectivity index (χ2v) is 6.10. The van der Waals surface area contributed by atoms with E-state index in [0.29, 0.717) is 24.8 Å². The summed E-state index contributed by atoms with van der Waals surface area (Å²) in [5, 5.41) is 8.02. The molecule has 0 spiro atoms. The highest BCUT2D eigenvalue weighted by atomic mass is 32.1. The van der Waals surface area contributed by atoms with Gasteiger partial charge >= 0.3 is 6.09 Å². The molecule has 0 aromatic heterocycles. The molecule has 24 heavy (non-hydrogen) atoms. The van der Waals surface area contributed by atoms with Gasteiger partial charge in [-0.05, 0) is 44.1 Å². The van der Waals surface area contributed by atoms with Gasteiger partial charge in [-0.1, -0.05) is 18.2 Å². The van der Waals surface area contributed by atoms with E-state index in [9.17, 15) is 4.79 Å². The van der Waals surface area contributed by atoms with Gasteiger partial charge in [0, 0.05) is 37.3 Å². The molecular formula is C17H24N4O2S. The van der Waals surface area contributed by atoms with E-state index in [-0.39, 0.29) is 6.09 Å². The minimum absolute atomic E-state index is 0.253. The maximum Gasteiger partial charge on any atom is 0.409 e. The van der Waals surface area contributed by atoms with Gasteiger partial charge in [-0.15, -0.1) is 0 Å². The van der Waals surface area contributed by atoms with Crippen molar-refractivity contribution in [2.24, 2.45) is 5.10 Å². The lowest BCUT2D eigenvalue weighted by molar-refractivity contribution is 0.107. The number of anilines is 1. The Balaban J connectivity index is 1.84. The number of benzene rings is 1. The first kappa shape index (κ1) is 18.2. The summed E-state index contributed by atoms with van der Waals surface area (Å²) in [6, 6.07) is 6.09. The molecule has 2 N–H and O–H groups in total. The molecule has 1 saturated heterocycles. The van der Waals surface area contributed by atoms with Gasteiger partial charge in [0.15, 0.2) is 5.11 Å². The zero-order chi connectivity index (χ0) is 17.5. The number of hydrogen-bond acceptors (Lipinski definition) is 4. The number of para-hydroxylation sites is 1. The normalized spacial score (nSPS) is 14.1. The number of amides is 1. The fourth-order valence-corrected chi connectivity index (χ4v) is 2.70. The summed E-state index contributed by atoms with van der Waals surface area (Å²) < 4.78 is 5.00. The Hall–Kier alpha value is -2.15. The highest BCUT2D eigenvalue weighted by molar-refractivity contribution is 7.80. The molecule has 2 rings (SSSR count). The third-order valence-corrected chi connectivity index (χ3v) is 4.10. The number of piperidine rings is 1. The van der Waals surface area contributed by atoms with Crippen LogP contribution < -0.4 is 10.7 Å². The molecule has 0 atom stereocenters. The number of likely N-dealkylation sites (tertiary alicyclic amines) is 1. The summed E-state index contributed by atoms with van der Waals surface area (Å²) in [4.78, 5) is 13.4. The molecular weight excluding hydrogens is 324 g/mol. The summed E-state index contributed by atoms with van der Waals surface area (Å²) in [7, 11) is 0. The Kier molecular flexibility index (Phi) is 6.54. The molecule has 1 aromatic carbocycles. The monoisotopic (exact) mass is 348 g/mol. The zero-order valence-corrected chi connectivity index (χ0v) is 15.2. The van der Waals surface area contributed by atoms with E-state index in [2.05, 4.69) is 15.8 Å². The van der Waals surface area contributed by atoms with Crippen molar-refractivity contribution < 1.29 is 9.53 Å². The van der Waals surface area contributed by atoms with Crippen LogP contribution in [0.5, 0.6) is 0 Å². The van der Waals surface area contributed by atoms with Crippen LogP contribution in [0.15, 0.2) is 23.3 Å². The van der Waals surface area contributed by atoms with Crippen LogP contribution in [0.3, 0.4) is 0 Å². The van der Waals surface area contributed by atoms with Crippen LogP contribution in [-0.2, 0) is 4.74 Å². The minimum atomic E-state index is -0.253. The lowest BCUT2D eigenvalue weighted by atomic mass is 10.1. The molecule has 0 saturated carbocycles. The molecule has 0 radical (unpaired) electrons. The topological polar surface area (TPSA) is 66.0 Å². The van der Waals surface area contributed by atoms with E-state index < -0.39 is 0 Å². The van der Waals surface area contributed by atoms with E-state index in [1.807, 2.05) is 39.0 Å². The van der Waals surface area contributed by atoms with E-state index in [1.54, 1.807) is 4.90 Å². The molecule has 130 valence electrons. The number of aryl methyl sites for hydroxylation is 2. The van der Waals surface area contributed by atoms with Crippen molar-refractivity contribution in [1.82, 2.24) is 10.3 Å². The Morgan fingerprint density at radius 3 is 2.50 bits per heavy atom. The minimum Gasteiger partial charge on any atom is -0.450 e. The number of hydrogen-bond donors (Lipinski definition) is 2. The molecule has 7 heteroatoms. The third-order valence-electron chi connectivity index (χ3n) is 3.90. The Morgan fingerprint density at radius 1 is 1.29 bits per heavy atom. The highest BCUT2D eigenvalue weighted by Crippen LogP contribution is 2.19. The van der Waals surface area contributed by atoms with Crippen molar-refractivity contribution in [3.63, 3.8) is 0 Å². The molecule has 6 nitrogen and oxygen atoms in total. The maximum atomic E-state index is 11.7. The van der Waals surface area contributed by atoms with Crippen LogP contribution >= 0.6 is 12.2 Å². The first-order chi connectivity index (χ1) is 11.5. The molecule has 1 aliphatic heterocycles. The number of thiocarbonyl (C=S) groups is 1. The fraction of sp³-hybridized carbons (Fsp3) is 0.471. The van der Waals surface area contributed by atoms with Crippen LogP contribution in [0.25, 0.3) is 0 Å². The van der Waals surface area contributed by atoms with E-state index in [1.165, 1.54) is 0 Å². The summed E-state index contributed by atoms with van der Waals surface area (Å²) in [5.41, 5.74) is 7.17. The molecule has 0 aliphatic carbocycles. The Bertz CT molecular complexity index is 615. The number of carbonyl (C=O) groups excluding carboxylic acids is 1. The van der Waals surface area contributed by atoms with Gasteiger partial charge < -0.3 is 15.0 Å². The number of ether oxygens (including phenoxy) is 1. The van der Waals surface area contributed by atoms with Crippen LogP contribution in [-0.4, -0.2) is 41.5 Å². The van der Waals surface area contributed by atoms with Crippen molar-refractivity contribution in [1.29, 1.82) is 0 Å². The van der Waals surface area contributed by atoms with E-state index >= 15 is 0 Å². The average Bonchev–Trinajstić information content (AvgIpc) is 2.57. The average molecular weight is 348 g/mol. The van der Waals surface area contributed by atoms with Gasteiger partial charge in [0.2, 0.25) is 0 Å². The number of rotatable bonds is 3. The van der Waals surface area contributed by atoms with Gasteiger partial charge in [-0.3, -0.25) is 5.43 Å². The van der Waals surface area contributed by atoms with Crippen molar-refractivity contribution in [3.05, 3.63) is 29.3 Å². The second-order valence-electron chi connectivity index (χ2n) is 5.70. The lowest BCUT2D eigenvalue weighted by Crippen LogP contribution is -2.39. The van der Waals surface area contributed by atoms with Crippen LogP contribution in [0.4, 0.5) is 10.5 Å². The Morgan fingerprint density at radius 2 is 1.92 bits per heavy atom. The Labute approximate surface area is 148 Å². The number of nitrogens with zero attached hydrogens (tertiary/aromatic N) is 2. The lowest BCUT2D eigenvalue weighted by Gasteiger charge is -2.26. The second kappa shape index (κ2) is 8.63. The molecule has 0 unspecified atom stereocenters. The zero-order valence-electron chi connectivity index (χ0n) is 14.4. The predicted octanol–water partition coefficient (Wildman–Crippen LogP) is 3.20. The molecule has 1 fully saturated rings. The predicted molar refractivity (Wildman–Crippen MR) is 101 cm³/mol. The van der Waals surface area contributed by atoms with Crippen LogP contribution in [0.2, 0.25) is 0 Å². The van der Waals surface area contributed by atoms with Gasteiger partial charge in [0.1, 0.15) is 0 Å². The maximum absolute atomic E-state index is 11.7.